The van der Waals surface area contributed by atoms with E-state index in [0.29, 0.717) is 5.75 Å². The number of hydrogen-bond acceptors (Lipinski definition) is 2. The minimum Gasteiger partial charge on any atom is -0.484 e. The Balaban J connectivity index is 1.89. The second kappa shape index (κ2) is 7.85. The summed E-state index contributed by atoms with van der Waals surface area (Å²) in [7, 11) is 0. The van der Waals surface area contributed by atoms with Crippen molar-refractivity contribution in [3.05, 3.63) is 58.6 Å². The highest BCUT2D eigenvalue weighted by molar-refractivity contribution is 6.31. The lowest BCUT2D eigenvalue weighted by atomic mass is 10.1. The highest BCUT2D eigenvalue weighted by Gasteiger charge is 2.06. The van der Waals surface area contributed by atoms with E-state index in [0.717, 1.165) is 29.1 Å². The molecule has 1 amide bonds. The van der Waals surface area contributed by atoms with Gasteiger partial charge in [0.25, 0.3) is 5.91 Å². The summed E-state index contributed by atoms with van der Waals surface area (Å²) in [6.07, 6.45) is 1.81. The van der Waals surface area contributed by atoms with E-state index in [1.54, 1.807) is 12.1 Å². The Kier molecular flexibility index (Phi) is 5.84. The topological polar surface area (TPSA) is 38.3 Å². The summed E-state index contributed by atoms with van der Waals surface area (Å²) in [6, 6.07) is 13.2. The zero-order chi connectivity index (χ0) is 15.9. The fourth-order valence-corrected chi connectivity index (χ4v) is 2.33. The molecule has 0 aliphatic heterocycles. The van der Waals surface area contributed by atoms with Crippen LogP contribution in [-0.4, -0.2) is 12.5 Å². The number of carbonyl (C=O) groups is 1. The van der Waals surface area contributed by atoms with Gasteiger partial charge in [0.15, 0.2) is 6.61 Å². The van der Waals surface area contributed by atoms with Crippen LogP contribution in [0.4, 0.5) is 5.69 Å². The van der Waals surface area contributed by atoms with Gasteiger partial charge >= 0.3 is 0 Å². The smallest absolute Gasteiger partial charge is 0.262 e. The molecule has 22 heavy (non-hydrogen) atoms. The Morgan fingerprint density at radius 2 is 1.82 bits per heavy atom. The summed E-state index contributed by atoms with van der Waals surface area (Å²) in [5, 5.41) is 3.53. The summed E-state index contributed by atoms with van der Waals surface area (Å²) in [4.78, 5) is 11.9. The average Bonchev–Trinajstić information content (AvgIpc) is 2.55. The summed E-state index contributed by atoms with van der Waals surface area (Å²) < 4.78 is 5.51. The molecular weight excluding hydrogens is 298 g/mol. The summed E-state index contributed by atoms with van der Waals surface area (Å²) in [6.45, 7) is 4.09. The number of carbonyl (C=O) groups excluding carboxylic acids is 1. The predicted molar refractivity (Wildman–Crippen MR) is 90.8 cm³/mol. The van der Waals surface area contributed by atoms with Crippen LogP contribution in [0.1, 0.15) is 25.0 Å². The van der Waals surface area contributed by atoms with Gasteiger partial charge in [0, 0.05) is 10.7 Å². The number of amides is 1. The average molecular weight is 318 g/mol. The van der Waals surface area contributed by atoms with Gasteiger partial charge in [-0.2, -0.15) is 0 Å². The van der Waals surface area contributed by atoms with E-state index < -0.39 is 0 Å². The fraction of sp³-hybridized carbons (Fsp3) is 0.278. The molecule has 0 saturated heterocycles. The van der Waals surface area contributed by atoms with Crippen LogP contribution in [0, 0.1) is 0 Å². The molecule has 0 aliphatic carbocycles. The van der Waals surface area contributed by atoms with E-state index in [4.69, 9.17) is 16.3 Å². The van der Waals surface area contributed by atoms with Crippen LogP contribution in [-0.2, 0) is 17.6 Å². The fourth-order valence-electron chi connectivity index (χ4n) is 2.08. The van der Waals surface area contributed by atoms with Gasteiger partial charge in [-0.3, -0.25) is 4.79 Å². The maximum absolute atomic E-state index is 11.9. The summed E-state index contributed by atoms with van der Waals surface area (Å²) in [5.41, 5.74) is 3.02. The third-order valence-electron chi connectivity index (χ3n) is 3.41. The molecule has 2 aromatic carbocycles. The first-order valence-corrected chi connectivity index (χ1v) is 7.80. The zero-order valence-electron chi connectivity index (χ0n) is 12.9. The Morgan fingerprint density at radius 1 is 1.09 bits per heavy atom. The van der Waals surface area contributed by atoms with Gasteiger partial charge in [-0.05, 0) is 54.3 Å². The first kappa shape index (κ1) is 16.4. The molecule has 0 spiro atoms. The molecule has 0 bridgehead atoms. The second-order valence-corrected chi connectivity index (χ2v) is 5.40. The molecule has 3 nitrogen and oxygen atoms in total. The molecule has 0 radical (unpaired) electrons. The number of anilines is 1. The summed E-state index contributed by atoms with van der Waals surface area (Å²) in [5.74, 6) is 0.468. The number of ether oxygens (including phenoxy) is 1. The Hall–Kier alpha value is -2.00. The lowest BCUT2D eigenvalue weighted by molar-refractivity contribution is -0.118. The lowest BCUT2D eigenvalue weighted by Gasteiger charge is -2.09. The van der Waals surface area contributed by atoms with Gasteiger partial charge in [-0.15, -0.1) is 0 Å². The van der Waals surface area contributed by atoms with Crippen molar-refractivity contribution >= 4 is 23.2 Å². The zero-order valence-corrected chi connectivity index (χ0v) is 13.6. The third kappa shape index (κ3) is 4.50. The van der Waals surface area contributed by atoms with E-state index >= 15 is 0 Å². The van der Waals surface area contributed by atoms with Crippen LogP contribution in [0.15, 0.2) is 42.5 Å². The van der Waals surface area contributed by atoms with Crippen LogP contribution < -0.4 is 10.1 Å². The Labute approximate surface area is 136 Å². The van der Waals surface area contributed by atoms with Crippen molar-refractivity contribution in [3.8, 4) is 5.75 Å². The molecule has 116 valence electrons. The molecule has 0 aromatic heterocycles. The van der Waals surface area contributed by atoms with Gasteiger partial charge < -0.3 is 10.1 Å². The number of hydrogen-bond donors (Lipinski definition) is 1. The number of aryl methyl sites for hydroxylation is 2. The molecule has 0 atom stereocenters. The monoisotopic (exact) mass is 317 g/mol. The van der Waals surface area contributed by atoms with Crippen molar-refractivity contribution in [1.82, 2.24) is 0 Å². The molecule has 0 saturated carbocycles. The van der Waals surface area contributed by atoms with Crippen molar-refractivity contribution in [2.45, 2.75) is 26.7 Å². The largest absolute Gasteiger partial charge is 0.484 e. The van der Waals surface area contributed by atoms with Crippen LogP contribution >= 0.6 is 11.6 Å². The number of nitrogens with one attached hydrogen (secondary N) is 1. The van der Waals surface area contributed by atoms with Gasteiger partial charge in [0.05, 0.1) is 0 Å². The second-order valence-electron chi connectivity index (χ2n) is 4.99. The van der Waals surface area contributed by atoms with Crippen LogP contribution in [0.2, 0.25) is 5.02 Å². The molecule has 0 unspecified atom stereocenters. The first-order chi connectivity index (χ1) is 10.6. The number of rotatable bonds is 6. The van der Waals surface area contributed by atoms with Gasteiger partial charge in [0.1, 0.15) is 5.75 Å². The lowest BCUT2D eigenvalue weighted by Crippen LogP contribution is -2.20. The molecule has 1 N–H and O–H groups in total. The van der Waals surface area contributed by atoms with E-state index in [1.807, 2.05) is 37.3 Å². The Morgan fingerprint density at radius 3 is 2.45 bits per heavy atom. The van der Waals surface area contributed by atoms with Crippen molar-refractivity contribution in [3.63, 3.8) is 0 Å². The molecule has 4 heteroatoms. The van der Waals surface area contributed by atoms with Gasteiger partial charge in [0.2, 0.25) is 0 Å². The highest BCUT2D eigenvalue weighted by atomic mass is 35.5. The normalized spacial score (nSPS) is 10.3. The molecule has 0 heterocycles. The van der Waals surface area contributed by atoms with E-state index in [9.17, 15) is 4.79 Å². The van der Waals surface area contributed by atoms with Crippen molar-refractivity contribution in [1.29, 1.82) is 0 Å². The van der Waals surface area contributed by atoms with Crippen molar-refractivity contribution < 1.29 is 9.53 Å². The Bertz CT molecular complexity index is 638. The van der Waals surface area contributed by atoms with Crippen molar-refractivity contribution in [2.75, 3.05) is 11.9 Å². The molecule has 0 aliphatic rings. The van der Waals surface area contributed by atoms with E-state index in [-0.39, 0.29) is 12.5 Å². The van der Waals surface area contributed by atoms with E-state index in [1.165, 1.54) is 5.56 Å². The molecule has 2 aromatic rings. The number of halogens is 1. The first-order valence-electron chi connectivity index (χ1n) is 7.42. The molecule has 2 rings (SSSR count). The maximum atomic E-state index is 11.9. The summed E-state index contributed by atoms with van der Waals surface area (Å²) >= 11 is 6.06. The minimum absolute atomic E-state index is 0.0275. The predicted octanol–water partition coefficient (Wildman–Crippen LogP) is 4.48. The molecule has 0 fully saturated rings. The van der Waals surface area contributed by atoms with Crippen molar-refractivity contribution in [2.24, 2.45) is 0 Å². The minimum atomic E-state index is -0.183. The van der Waals surface area contributed by atoms with Gasteiger partial charge in [-0.1, -0.05) is 37.6 Å². The standard InChI is InChI=1S/C18H20ClNO2/c1-3-13-5-7-15(8-6-13)20-18(21)12-22-16-9-10-17(19)14(4-2)11-16/h5-11H,3-4,12H2,1-2H3,(H,20,21). The van der Waals surface area contributed by atoms with Crippen LogP contribution in [0.25, 0.3) is 0 Å². The quantitative estimate of drug-likeness (QED) is 0.853. The number of benzene rings is 2. The SMILES string of the molecule is CCc1ccc(NC(=O)COc2ccc(Cl)c(CC)c2)cc1. The third-order valence-corrected chi connectivity index (χ3v) is 3.78. The molecular formula is C18H20ClNO2. The maximum Gasteiger partial charge on any atom is 0.262 e. The van der Waals surface area contributed by atoms with Crippen LogP contribution in [0.3, 0.4) is 0 Å². The van der Waals surface area contributed by atoms with E-state index in [2.05, 4.69) is 12.2 Å². The van der Waals surface area contributed by atoms with Gasteiger partial charge in [-0.25, -0.2) is 0 Å². The van der Waals surface area contributed by atoms with Crippen LogP contribution in [0.5, 0.6) is 5.75 Å². The highest BCUT2D eigenvalue weighted by Crippen LogP contribution is 2.22.